The number of imidazole rings is 1. The summed E-state index contributed by atoms with van der Waals surface area (Å²) < 4.78 is 4.37. The highest BCUT2D eigenvalue weighted by molar-refractivity contribution is 5.49. The molecule has 3 aromatic rings. The standard InChI is InChI=1S/C34H50N2O2/c1-22-35(20-23-16-25(31(2,3)4)18-27(29(23)37)33(8,9)10)14-15-36(22)21-24-17-26(32(5,6)7)19-28(30(24)38)34(11,12)13/h14-19H,20-21H2,1-13H3,(H-,37,38)/p+1. The molecule has 0 saturated carbocycles. The highest BCUT2D eigenvalue weighted by Crippen LogP contribution is 2.39. The fraction of sp³-hybridized carbons (Fsp3) is 0.559. The number of hydrogen-bond donors (Lipinski definition) is 2. The number of hydrogen-bond acceptors (Lipinski definition) is 2. The van der Waals surface area contributed by atoms with Gasteiger partial charge in [0.1, 0.15) is 37.0 Å². The number of nitrogens with zero attached hydrogens (tertiary/aromatic N) is 2. The maximum Gasteiger partial charge on any atom is 0.253 e. The van der Waals surface area contributed by atoms with Crippen LogP contribution in [0.25, 0.3) is 0 Å². The molecule has 3 rings (SSSR count). The summed E-state index contributed by atoms with van der Waals surface area (Å²) in [6.07, 6.45) is 4.15. The second-order valence-electron chi connectivity index (χ2n) is 15.2. The summed E-state index contributed by atoms with van der Waals surface area (Å²) in [7, 11) is 0. The minimum Gasteiger partial charge on any atom is -0.507 e. The number of aromatic nitrogens is 2. The van der Waals surface area contributed by atoms with E-state index in [9.17, 15) is 10.2 Å². The topological polar surface area (TPSA) is 49.3 Å². The Kier molecular flexibility index (Phi) is 7.66. The second kappa shape index (κ2) is 9.77. The van der Waals surface area contributed by atoms with E-state index in [0.717, 1.165) is 28.1 Å². The molecule has 0 fully saturated rings. The lowest BCUT2D eigenvalue weighted by Crippen LogP contribution is -2.36. The summed E-state index contributed by atoms with van der Waals surface area (Å²) >= 11 is 0. The maximum atomic E-state index is 11.3. The number of benzene rings is 2. The molecular weight excluding hydrogens is 468 g/mol. The number of aromatic hydroxyl groups is 2. The smallest absolute Gasteiger partial charge is 0.253 e. The molecule has 38 heavy (non-hydrogen) atoms. The van der Waals surface area contributed by atoms with E-state index in [0.29, 0.717) is 24.6 Å². The molecule has 208 valence electrons. The summed E-state index contributed by atoms with van der Waals surface area (Å²) in [5.74, 6) is 1.84. The Bertz CT molecular complexity index is 1220. The van der Waals surface area contributed by atoms with Crippen LogP contribution in [-0.4, -0.2) is 14.8 Å². The van der Waals surface area contributed by atoms with E-state index >= 15 is 0 Å². The van der Waals surface area contributed by atoms with Crippen LogP contribution in [0.1, 0.15) is 122 Å². The van der Waals surface area contributed by atoms with Crippen LogP contribution >= 0.6 is 0 Å². The Morgan fingerprint density at radius 2 is 1.05 bits per heavy atom. The molecule has 2 aromatic carbocycles. The summed E-state index contributed by atoms with van der Waals surface area (Å²) in [5, 5.41) is 22.6. The van der Waals surface area contributed by atoms with Gasteiger partial charge in [0.15, 0.2) is 0 Å². The predicted octanol–water partition coefficient (Wildman–Crippen LogP) is 7.78. The Labute approximate surface area is 231 Å². The summed E-state index contributed by atoms with van der Waals surface area (Å²) in [5.41, 5.74) is 5.92. The van der Waals surface area contributed by atoms with Gasteiger partial charge in [-0.15, -0.1) is 0 Å². The lowest BCUT2D eigenvalue weighted by Gasteiger charge is -2.27. The van der Waals surface area contributed by atoms with Gasteiger partial charge in [-0.3, -0.25) is 0 Å². The van der Waals surface area contributed by atoms with Crippen molar-refractivity contribution in [3.8, 4) is 11.5 Å². The monoisotopic (exact) mass is 519 g/mol. The van der Waals surface area contributed by atoms with Crippen molar-refractivity contribution in [2.75, 3.05) is 0 Å². The number of phenols is 2. The molecular formula is C34H51N2O2+. The molecule has 1 heterocycles. The van der Waals surface area contributed by atoms with Gasteiger partial charge in [0.05, 0.1) is 0 Å². The molecule has 2 N–H and O–H groups in total. The Morgan fingerprint density at radius 3 is 1.47 bits per heavy atom. The van der Waals surface area contributed by atoms with Crippen LogP contribution in [-0.2, 0) is 34.7 Å². The van der Waals surface area contributed by atoms with Crippen LogP contribution < -0.4 is 4.57 Å². The molecule has 0 aliphatic rings. The third-order valence-corrected chi connectivity index (χ3v) is 7.67. The van der Waals surface area contributed by atoms with E-state index in [1.165, 1.54) is 11.1 Å². The van der Waals surface area contributed by atoms with Gasteiger partial charge in [0, 0.05) is 18.1 Å². The molecule has 0 aliphatic carbocycles. The van der Waals surface area contributed by atoms with Gasteiger partial charge in [-0.2, -0.15) is 0 Å². The third-order valence-electron chi connectivity index (χ3n) is 7.67. The largest absolute Gasteiger partial charge is 0.507 e. The Balaban J connectivity index is 2.06. The van der Waals surface area contributed by atoms with Crippen molar-refractivity contribution in [2.24, 2.45) is 0 Å². The van der Waals surface area contributed by atoms with Crippen molar-refractivity contribution in [1.29, 1.82) is 0 Å². The molecule has 0 atom stereocenters. The SMILES string of the molecule is Cc1n(Cc2cc(C(C)(C)C)cc(C(C)(C)C)c2O)cc[n+]1Cc1cc(C(C)(C)C)cc(C(C)(C)C)c1O. The van der Waals surface area contributed by atoms with Crippen molar-refractivity contribution in [3.63, 3.8) is 0 Å². The molecule has 0 unspecified atom stereocenters. The van der Waals surface area contributed by atoms with Crippen molar-refractivity contribution in [1.82, 2.24) is 4.57 Å². The van der Waals surface area contributed by atoms with E-state index in [2.05, 4.69) is 136 Å². The molecule has 0 spiro atoms. The van der Waals surface area contributed by atoms with Gasteiger partial charge in [-0.1, -0.05) is 95.2 Å². The van der Waals surface area contributed by atoms with E-state index in [4.69, 9.17) is 0 Å². The Morgan fingerprint density at radius 1 is 0.632 bits per heavy atom. The van der Waals surface area contributed by atoms with E-state index in [-0.39, 0.29) is 21.7 Å². The first-order valence-electron chi connectivity index (χ1n) is 13.9. The van der Waals surface area contributed by atoms with Crippen LogP contribution in [0.2, 0.25) is 0 Å². The molecule has 4 heteroatoms. The first kappa shape index (κ1) is 29.8. The highest BCUT2D eigenvalue weighted by Gasteiger charge is 2.28. The summed E-state index contributed by atoms with van der Waals surface area (Å²) in [4.78, 5) is 0. The van der Waals surface area contributed by atoms with Gasteiger partial charge in [0.2, 0.25) is 0 Å². The number of rotatable bonds is 4. The highest BCUT2D eigenvalue weighted by atomic mass is 16.3. The van der Waals surface area contributed by atoms with Crippen molar-refractivity contribution in [3.05, 3.63) is 75.9 Å². The second-order valence-corrected chi connectivity index (χ2v) is 15.2. The zero-order valence-electron chi connectivity index (χ0n) is 26.2. The van der Waals surface area contributed by atoms with E-state index in [1.807, 2.05) is 0 Å². The molecule has 0 bridgehead atoms. The van der Waals surface area contributed by atoms with E-state index < -0.39 is 0 Å². The average Bonchev–Trinajstić information content (AvgIpc) is 3.06. The van der Waals surface area contributed by atoms with Crippen LogP contribution in [0, 0.1) is 6.92 Å². The van der Waals surface area contributed by atoms with Crippen LogP contribution in [0.3, 0.4) is 0 Å². The van der Waals surface area contributed by atoms with Gasteiger partial charge < -0.3 is 10.2 Å². The lowest BCUT2D eigenvalue weighted by atomic mass is 9.79. The van der Waals surface area contributed by atoms with E-state index in [1.54, 1.807) is 0 Å². The van der Waals surface area contributed by atoms with Gasteiger partial charge in [0.25, 0.3) is 5.82 Å². The first-order chi connectivity index (χ1) is 17.1. The summed E-state index contributed by atoms with van der Waals surface area (Å²) in [6, 6.07) is 8.64. The molecule has 0 aliphatic heterocycles. The van der Waals surface area contributed by atoms with Crippen molar-refractivity contribution < 1.29 is 14.8 Å². The zero-order valence-corrected chi connectivity index (χ0v) is 26.2. The van der Waals surface area contributed by atoms with Crippen molar-refractivity contribution >= 4 is 0 Å². The first-order valence-corrected chi connectivity index (χ1v) is 13.9. The van der Waals surface area contributed by atoms with Gasteiger partial charge in [-0.25, -0.2) is 9.13 Å². The average molecular weight is 520 g/mol. The normalized spacial score (nSPS) is 13.3. The zero-order chi connectivity index (χ0) is 29.0. The molecule has 0 amide bonds. The molecule has 0 radical (unpaired) electrons. The summed E-state index contributed by atoms with van der Waals surface area (Å²) in [6.45, 7) is 29.5. The molecule has 1 aromatic heterocycles. The van der Waals surface area contributed by atoms with Gasteiger partial charge >= 0.3 is 0 Å². The minimum absolute atomic E-state index is 0.0194. The van der Waals surface area contributed by atoms with Crippen LogP contribution in [0.5, 0.6) is 11.5 Å². The van der Waals surface area contributed by atoms with Crippen molar-refractivity contribution in [2.45, 2.75) is 125 Å². The fourth-order valence-electron chi connectivity index (χ4n) is 4.88. The molecule has 4 nitrogen and oxygen atoms in total. The lowest BCUT2D eigenvalue weighted by molar-refractivity contribution is -0.694. The predicted molar refractivity (Wildman–Crippen MR) is 159 cm³/mol. The fourth-order valence-corrected chi connectivity index (χ4v) is 4.88. The Hall–Kier alpha value is -2.75. The maximum absolute atomic E-state index is 11.3. The molecule has 0 saturated heterocycles. The minimum atomic E-state index is -0.161. The van der Waals surface area contributed by atoms with Crippen LogP contribution in [0.15, 0.2) is 36.7 Å². The quantitative estimate of drug-likeness (QED) is 0.346. The van der Waals surface area contributed by atoms with Gasteiger partial charge in [-0.05, 0) is 56.0 Å². The van der Waals surface area contributed by atoms with Crippen LogP contribution in [0.4, 0.5) is 0 Å². The third kappa shape index (κ3) is 6.27. The number of phenolic OH excluding ortho intramolecular Hbond substituents is 2.